The first-order valence-electron chi connectivity index (χ1n) is 9.14. The van der Waals surface area contributed by atoms with Gasteiger partial charge in [0, 0.05) is 27.2 Å². The van der Waals surface area contributed by atoms with E-state index in [-0.39, 0.29) is 11.8 Å². The van der Waals surface area contributed by atoms with Crippen LogP contribution in [0.25, 0.3) is 10.9 Å². The average Bonchev–Trinajstić information content (AvgIpc) is 3.27. The monoisotopic (exact) mass is 404 g/mol. The van der Waals surface area contributed by atoms with Crippen LogP contribution in [0.3, 0.4) is 0 Å². The van der Waals surface area contributed by atoms with E-state index in [4.69, 9.17) is 4.74 Å². The van der Waals surface area contributed by atoms with Crippen LogP contribution in [0.15, 0.2) is 66.0 Å². The summed E-state index contributed by atoms with van der Waals surface area (Å²) < 4.78 is 4.82. The van der Waals surface area contributed by atoms with Crippen molar-refractivity contribution >= 4 is 33.9 Å². The van der Waals surface area contributed by atoms with E-state index in [0.717, 1.165) is 27.2 Å². The van der Waals surface area contributed by atoms with E-state index < -0.39 is 5.97 Å². The van der Waals surface area contributed by atoms with Crippen LogP contribution >= 0.6 is 11.3 Å². The average molecular weight is 404 g/mol. The van der Waals surface area contributed by atoms with Crippen LogP contribution in [0.1, 0.15) is 32.5 Å². The second kappa shape index (κ2) is 7.93. The molecular weight excluding hydrogens is 384 g/mol. The topological polar surface area (TPSA) is 71.5 Å². The molecule has 2 N–H and O–H groups in total. The first-order chi connectivity index (χ1) is 14.1. The normalized spacial score (nSPS) is 11.9. The van der Waals surface area contributed by atoms with Gasteiger partial charge >= 0.3 is 5.97 Å². The third-order valence-electron chi connectivity index (χ3n) is 4.74. The standard InChI is InChI=1S/C23H20N2O3S/c1-14-8-9-15-10-11-18(22(26)20(15)24-14)21(19-7-4-12-29-19)25-17-6-3-5-16(13-17)23(27)28-2/h3-13,21,25-26H,1-2H3. The number of esters is 1. The number of nitrogens with zero attached hydrogens (tertiary/aromatic N) is 1. The van der Waals surface area contributed by atoms with E-state index in [9.17, 15) is 9.90 Å². The van der Waals surface area contributed by atoms with Crippen molar-refractivity contribution in [1.82, 2.24) is 4.98 Å². The molecule has 0 aliphatic carbocycles. The summed E-state index contributed by atoms with van der Waals surface area (Å²) >= 11 is 1.59. The fourth-order valence-corrected chi connectivity index (χ4v) is 4.09. The number of aryl methyl sites for hydroxylation is 1. The molecule has 2 aromatic carbocycles. The number of thiophene rings is 1. The lowest BCUT2D eigenvalue weighted by Gasteiger charge is -2.21. The molecule has 4 rings (SSSR count). The maximum absolute atomic E-state index is 11.9. The van der Waals surface area contributed by atoms with Crippen LogP contribution in [0.2, 0.25) is 0 Å². The number of hydrogen-bond donors (Lipinski definition) is 2. The first kappa shape index (κ1) is 19.0. The second-order valence-corrected chi connectivity index (χ2v) is 7.67. The van der Waals surface area contributed by atoms with Crippen LogP contribution in [0.5, 0.6) is 5.75 Å². The third kappa shape index (κ3) is 3.79. The summed E-state index contributed by atoms with van der Waals surface area (Å²) in [5.74, 6) is -0.240. The number of benzene rings is 2. The molecule has 146 valence electrons. The Hall–Kier alpha value is -3.38. The molecule has 6 heteroatoms. The van der Waals surface area contributed by atoms with Crippen molar-refractivity contribution in [3.05, 3.63) is 87.7 Å². The van der Waals surface area contributed by atoms with Crippen molar-refractivity contribution in [1.29, 1.82) is 0 Å². The number of fused-ring (bicyclic) bond motifs is 1. The lowest BCUT2D eigenvalue weighted by Crippen LogP contribution is -2.12. The summed E-state index contributed by atoms with van der Waals surface area (Å²) in [6.45, 7) is 1.90. The van der Waals surface area contributed by atoms with Crippen molar-refractivity contribution in [3.63, 3.8) is 0 Å². The SMILES string of the molecule is COC(=O)c1cccc(NC(c2cccs2)c2ccc3ccc(C)nc3c2O)c1. The fraction of sp³-hybridized carbons (Fsp3) is 0.130. The number of phenolic OH excluding ortho intramolecular Hbond substituents is 1. The zero-order valence-electron chi connectivity index (χ0n) is 16.0. The maximum atomic E-state index is 11.9. The number of aromatic nitrogens is 1. The minimum Gasteiger partial charge on any atom is -0.505 e. The Morgan fingerprint density at radius 1 is 1.14 bits per heavy atom. The molecule has 0 saturated carbocycles. The zero-order valence-corrected chi connectivity index (χ0v) is 16.9. The van der Waals surface area contributed by atoms with Crippen molar-refractivity contribution in [2.45, 2.75) is 13.0 Å². The predicted octanol–water partition coefficient (Wildman–Crippen LogP) is 5.30. The largest absolute Gasteiger partial charge is 0.505 e. The molecule has 2 aromatic heterocycles. The quantitative estimate of drug-likeness (QED) is 0.442. The molecule has 4 aromatic rings. The highest BCUT2D eigenvalue weighted by Gasteiger charge is 2.21. The van der Waals surface area contributed by atoms with Gasteiger partial charge in [0.15, 0.2) is 0 Å². The van der Waals surface area contributed by atoms with Gasteiger partial charge in [0.2, 0.25) is 0 Å². The summed E-state index contributed by atoms with van der Waals surface area (Å²) in [5, 5.41) is 17.4. The first-order valence-corrected chi connectivity index (χ1v) is 10.0. The molecular formula is C23H20N2O3S. The molecule has 0 aliphatic rings. The van der Waals surface area contributed by atoms with E-state index in [1.165, 1.54) is 7.11 Å². The number of carbonyl (C=O) groups is 1. The number of hydrogen-bond acceptors (Lipinski definition) is 6. The second-order valence-electron chi connectivity index (χ2n) is 6.69. The van der Waals surface area contributed by atoms with E-state index in [1.807, 2.05) is 54.8 Å². The van der Waals surface area contributed by atoms with Gasteiger partial charge in [-0.05, 0) is 42.6 Å². The van der Waals surface area contributed by atoms with Crippen LogP contribution in [0.4, 0.5) is 5.69 Å². The Bertz CT molecular complexity index is 1170. The van der Waals surface area contributed by atoms with Gasteiger partial charge in [0.05, 0.1) is 18.7 Å². The summed E-state index contributed by atoms with van der Waals surface area (Å²) in [7, 11) is 1.36. The molecule has 0 bridgehead atoms. The molecule has 0 radical (unpaired) electrons. The van der Waals surface area contributed by atoms with Gasteiger partial charge in [-0.1, -0.05) is 30.3 Å². The molecule has 0 saturated heterocycles. The molecule has 0 spiro atoms. The van der Waals surface area contributed by atoms with E-state index in [0.29, 0.717) is 11.1 Å². The summed E-state index contributed by atoms with van der Waals surface area (Å²) in [6.07, 6.45) is 0. The van der Waals surface area contributed by atoms with Gasteiger partial charge in [-0.25, -0.2) is 9.78 Å². The number of nitrogens with one attached hydrogen (secondary N) is 1. The fourth-order valence-electron chi connectivity index (χ4n) is 3.30. The molecule has 0 amide bonds. The number of rotatable bonds is 5. The highest BCUT2D eigenvalue weighted by Crippen LogP contribution is 2.38. The Kier molecular flexibility index (Phi) is 5.18. The van der Waals surface area contributed by atoms with Gasteiger partial charge in [-0.3, -0.25) is 0 Å². The Balaban J connectivity index is 1.79. The van der Waals surface area contributed by atoms with Crippen molar-refractivity contribution in [3.8, 4) is 5.75 Å². The Morgan fingerprint density at radius 3 is 2.72 bits per heavy atom. The molecule has 0 aliphatic heterocycles. The van der Waals surface area contributed by atoms with Gasteiger partial charge in [0.1, 0.15) is 11.3 Å². The smallest absolute Gasteiger partial charge is 0.337 e. The minimum absolute atomic E-state index is 0.154. The number of ether oxygens (including phenoxy) is 1. The van der Waals surface area contributed by atoms with Crippen LogP contribution in [-0.4, -0.2) is 23.2 Å². The zero-order chi connectivity index (χ0) is 20.4. The summed E-state index contributed by atoms with van der Waals surface area (Å²) in [4.78, 5) is 17.4. The maximum Gasteiger partial charge on any atom is 0.337 e. The molecule has 2 heterocycles. The summed E-state index contributed by atoms with van der Waals surface area (Å²) in [6, 6.07) is 18.6. The Morgan fingerprint density at radius 2 is 1.97 bits per heavy atom. The van der Waals surface area contributed by atoms with Crippen LogP contribution < -0.4 is 5.32 Å². The lowest BCUT2D eigenvalue weighted by molar-refractivity contribution is 0.0601. The molecule has 0 fully saturated rings. The number of aromatic hydroxyl groups is 1. The number of anilines is 1. The van der Waals surface area contributed by atoms with E-state index >= 15 is 0 Å². The van der Waals surface area contributed by atoms with Gasteiger partial charge in [0.25, 0.3) is 0 Å². The molecule has 5 nitrogen and oxygen atoms in total. The van der Waals surface area contributed by atoms with Crippen LogP contribution in [0, 0.1) is 6.92 Å². The Labute approximate surface area is 172 Å². The van der Waals surface area contributed by atoms with Gasteiger partial charge in [-0.15, -0.1) is 11.3 Å². The highest BCUT2D eigenvalue weighted by atomic mass is 32.1. The lowest BCUT2D eigenvalue weighted by atomic mass is 10.0. The van der Waals surface area contributed by atoms with E-state index in [2.05, 4.69) is 10.3 Å². The van der Waals surface area contributed by atoms with Gasteiger partial charge in [-0.2, -0.15) is 0 Å². The number of methoxy groups -OCH3 is 1. The van der Waals surface area contributed by atoms with Crippen molar-refractivity contribution < 1.29 is 14.6 Å². The van der Waals surface area contributed by atoms with Crippen molar-refractivity contribution in [2.24, 2.45) is 0 Å². The number of carbonyl (C=O) groups excluding carboxylic acids is 1. The van der Waals surface area contributed by atoms with Crippen LogP contribution in [-0.2, 0) is 4.74 Å². The number of phenols is 1. The highest BCUT2D eigenvalue weighted by molar-refractivity contribution is 7.10. The molecule has 1 atom stereocenters. The van der Waals surface area contributed by atoms with Gasteiger partial charge < -0.3 is 15.2 Å². The van der Waals surface area contributed by atoms with E-state index in [1.54, 1.807) is 29.5 Å². The predicted molar refractivity (Wildman–Crippen MR) is 116 cm³/mol. The molecule has 29 heavy (non-hydrogen) atoms. The molecule has 1 unspecified atom stereocenters. The minimum atomic E-state index is -0.394. The third-order valence-corrected chi connectivity index (χ3v) is 5.68. The number of pyridine rings is 1. The summed E-state index contributed by atoms with van der Waals surface area (Å²) in [5.41, 5.74) is 3.36. The van der Waals surface area contributed by atoms with Crippen molar-refractivity contribution in [2.75, 3.05) is 12.4 Å².